The first-order valence-corrected chi connectivity index (χ1v) is 4.11. The van der Waals surface area contributed by atoms with E-state index in [0.717, 1.165) is 10.8 Å². The number of phenols is 1. The average Bonchev–Trinajstić information content (AvgIpc) is 2.16. The van der Waals surface area contributed by atoms with Crippen LogP contribution < -0.4 is 34.7 Å². The van der Waals surface area contributed by atoms with E-state index in [4.69, 9.17) is 0 Å². The van der Waals surface area contributed by atoms with E-state index in [-0.39, 0.29) is 40.9 Å². The smallest absolute Gasteiger partial charge is 0.545 e. The Morgan fingerprint density at radius 2 is 1.67 bits per heavy atom. The predicted molar refractivity (Wildman–Crippen MR) is 49.9 cm³/mol. The molecule has 0 saturated carbocycles. The van der Waals surface area contributed by atoms with Gasteiger partial charge in [0.1, 0.15) is 5.75 Å². The average molecular weight is 210 g/mol. The molecule has 15 heavy (non-hydrogen) atoms. The molecule has 3 nitrogen and oxygen atoms in total. The Bertz CT molecular complexity index is 508. The van der Waals surface area contributed by atoms with E-state index < -0.39 is 5.97 Å². The Morgan fingerprint density at radius 3 is 2.20 bits per heavy atom. The molecular weight excluding hydrogens is 203 g/mol. The number of fused-ring (bicyclic) bond motifs is 1. The van der Waals surface area contributed by atoms with Crippen molar-refractivity contribution in [3.05, 3.63) is 42.0 Å². The number of hydrogen-bond donors (Lipinski definition) is 1. The summed E-state index contributed by atoms with van der Waals surface area (Å²) >= 11 is 0. The van der Waals surface area contributed by atoms with Crippen LogP contribution in [0.3, 0.4) is 0 Å². The van der Waals surface area contributed by atoms with Crippen molar-refractivity contribution in [2.75, 3.05) is 0 Å². The van der Waals surface area contributed by atoms with Crippen molar-refractivity contribution in [2.24, 2.45) is 0 Å². The number of aromatic hydroxyl groups is 1. The van der Waals surface area contributed by atoms with Gasteiger partial charge in [-0.1, -0.05) is 24.3 Å². The molecule has 0 atom stereocenters. The molecule has 0 aliphatic carbocycles. The van der Waals surface area contributed by atoms with Crippen LogP contribution in [-0.4, -0.2) is 11.1 Å². The summed E-state index contributed by atoms with van der Waals surface area (Å²) in [7, 11) is 0. The second kappa shape index (κ2) is 4.66. The van der Waals surface area contributed by atoms with Gasteiger partial charge in [-0.25, -0.2) is 0 Å². The molecule has 70 valence electrons. The van der Waals surface area contributed by atoms with Crippen LogP contribution in [0.2, 0.25) is 0 Å². The van der Waals surface area contributed by atoms with Crippen molar-refractivity contribution in [3.63, 3.8) is 0 Å². The Hall–Kier alpha value is -1.03. The van der Waals surface area contributed by atoms with Crippen molar-refractivity contribution >= 4 is 16.7 Å². The maximum atomic E-state index is 10.6. The molecule has 2 aromatic rings. The Labute approximate surface area is 109 Å². The summed E-state index contributed by atoms with van der Waals surface area (Å²) in [4.78, 5) is 10.6. The minimum absolute atomic E-state index is 0. The number of rotatable bonds is 1. The molecular formula is C11H7NaO3. The summed E-state index contributed by atoms with van der Waals surface area (Å²) in [5.41, 5.74) is -0.177. The molecule has 0 bridgehead atoms. The zero-order valence-corrected chi connectivity index (χ0v) is 10.2. The van der Waals surface area contributed by atoms with Crippen LogP contribution in [0.15, 0.2) is 36.4 Å². The Balaban J connectivity index is 0.00000112. The van der Waals surface area contributed by atoms with Crippen molar-refractivity contribution < 1.29 is 44.6 Å². The fourth-order valence-electron chi connectivity index (χ4n) is 1.39. The first-order valence-electron chi connectivity index (χ1n) is 4.11. The molecule has 0 unspecified atom stereocenters. The third-order valence-corrected chi connectivity index (χ3v) is 2.08. The van der Waals surface area contributed by atoms with Crippen LogP contribution in [-0.2, 0) is 0 Å². The topological polar surface area (TPSA) is 60.4 Å². The van der Waals surface area contributed by atoms with E-state index in [1.807, 2.05) is 6.07 Å². The standard InChI is InChI=1S/C11H8O3.Na/c12-10-6-8-4-2-1-3-7(8)5-9(10)11(13)14;/h1-6,12H,(H,13,14);/q;+1/p-1. The van der Waals surface area contributed by atoms with Crippen LogP contribution in [0.4, 0.5) is 0 Å². The molecule has 0 amide bonds. The van der Waals surface area contributed by atoms with Crippen LogP contribution >= 0.6 is 0 Å². The summed E-state index contributed by atoms with van der Waals surface area (Å²) in [5, 5.41) is 21.5. The van der Waals surface area contributed by atoms with Crippen molar-refractivity contribution in [3.8, 4) is 5.75 Å². The minimum atomic E-state index is -1.37. The van der Waals surface area contributed by atoms with Gasteiger partial charge in [0.05, 0.1) is 5.97 Å². The van der Waals surface area contributed by atoms with E-state index >= 15 is 0 Å². The van der Waals surface area contributed by atoms with E-state index in [1.54, 1.807) is 18.2 Å². The first kappa shape index (κ1) is 12.0. The van der Waals surface area contributed by atoms with Crippen molar-refractivity contribution in [1.29, 1.82) is 0 Å². The van der Waals surface area contributed by atoms with Gasteiger partial charge in [0.15, 0.2) is 0 Å². The van der Waals surface area contributed by atoms with E-state index in [1.165, 1.54) is 12.1 Å². The SMILES string of the molecule is O=C([O-])c1cc2ccccc2cc1O.[Na+]. The summed E-state index contributed by atoms with van der Waals surface area (Å²) in [5.74, 6) is -1.63. The van der Waals surface area contributed by atoms with Gasteiger partial charge in [-0.2, -0.15) is 0 Å². The number of benzene rings is 2. The van der Waals surface area contributed by atoms with Gasteiger partial charge in [-0.05, 0) is 22.9 Å². The number of carbonyl (C=O) groups excluding carboxylic acids is 1. The molecule has 0 fully saturated rings. The van der Waals surface area contributed by atoms with Crippen LogP contribution in [0, 0.1) is 0 Å². The van der Waals surface area contributed by atoms with Crippen molar-refractivity contribution in [1.82, 2.24) is 0 Å². The first-order chi connectivity index (χ1) is 6.68. The molecule has 0 spiro atoms. The zero-order chi connectivity index (χ0) is 10.1. The van der Waals surface area contributed by atoms with Crippen molar-refractivity contribution in [2.45, 2.75) is 0 Å². The number of carboxylic acid groups (broad SMARTS) is 1. The van der Waals surface area contributed by atoms with E-state index in [2.05, 4.69) is 0 Å². The molecule has 0 aliphatic heterocycles. The maximum Gasteiger partial charge on any atom is 1.00 e. The molecule has 0 radical (unpaired) electrons. The van der Waals surface area contributed by atoms with E-state index in [0.29, 0.717) is 0 Å². The largest absolute Gasteiger partial charge is 1.00 e. The fraction of sp³-hybridized carbons (Fsp3) is 0. The van der Waals surface area contributed by atoms with Gasteiger partial charge in [-0.3, -0.25) is 0 Å². The number of carbonyl (C=O) groups is 1. The third kappa shape index (κ3) is 2.31. The minimum Gasteiger partial charge on any atom is -0.545 e. The predicted octanol–water partition coefficient (Wildman–Crippen LogP) is -2.09. The normalized spacial score (nSPS) is 9.60. The molecule has 0 aromatic heterocycles. The van der Waals surface area contributed by atoms with Gasteiger partial charge in [0.2, 0.25) is 0 Å². The third-order valence-electron chi connectivity index (χ3n) is 2.08. The van der Waals surface area contributed by atoms with E-state index in [9.17, 15) is 15.0 Å². The van der Waals surface area contributed by atoms with Gasteiger partial charge >= 0.3 is 29.6 Å². The molecule has 4 heteroatoms. The quantitative estimate of drug-likeness (QED) is 0.549. The van der Waals surface area contributed by atoms with Crippen LogP contribution in [0.25, 0.3) is 10.8 Å². The second-order valence-electron chi connectivity index (χ2n) is 3.00. The monoisotopic (exact) mass is 210 g/mol. The number of aromatic carboxylic acids is 1. The number of carboxylic acids is 1. The molecule has 0 heterocycles. The van der Waals surface area contributed by atoms with Gasteiger partial charge in [0, 0.05) is 5.56 Å². The summed E-state index contributed by atoms with van der Waals surface area (Å²) in [6, 6.07) is 10.0. The zero-order valence-electron chi connectivity index (χ0n) is 8.23. The van der Waals surface area contributed by atoms with Gasteiger partial charge < -0.3 is 15.0 Å². The fourth-order valence-corrected chi connectivity index (χ4v) is 1.39. The van der Waals surface area contributed by atoms with Gasteiger partial charge in [0.25, 0.3) is 0 Å². The number of hydrogen-bond acceptors (Lipinski definition) is 3. The second-order valence-corrected chi connectivity index (χ2v) is 3.00. The summed E-state index contributed by atoms with van der Waals surface area (Å²) in [6.45, 7) is 0. The Morgan fingerprint density at radius 1 is 1.13 bits per heavy atom. The Kier molecular flexibility index (Phi) is 3.74. The van der Waals surface area contributed by atoms with Crippen LogP contribution in [0.1, 0.15) is 10.4 Å². The maximum absolute atomic E-state index is 10.6. The molecule has 2 rings (SSSR count). The molecule has 0 saturated heterocycles. The molecule has 0 aliphatic rings. The van der Waals surface area contributed by atoms with Crippen LogP contribution in [0.5, 0.6) is 5.75 Å². The summed E-state index contributed by atoms with van der Waals surface area (Å²) < 4.78 is 0. The van der Waals surface area contributed by atoms with Gasteiger partial charge in [-0.15, -0.1) is 0 Å². The molecule has 2 aromatic carbocycles. The summed E-state index contributed by atoms with van der Waals surface area (Å²) in [6.07, 6.45) is 0. The molecule has 1 N–H and O–H groups in total.